The van der Waals surface area contributed by atoms with Crippen LogP contribution in [0, 0.1) is 5.82 Å². The van der Waals surface area contributed by atoms with Crippen LogP contribution >= 0.6 is 0 Å². The molecule has 1 fully saturated rings. The van der Waals surface area contributed by atoms with Crippen LogP contribution in [0.2, 0.25) is 0 Å². The smallest absolute Gasteiger partial charge is 0.406 e. The summed E-state index contributed by atoms with van der Waals surface area (Å²) in [5, 5.41) is 6.23. The molecule has 26 heavy (non-hydrogen) atoms. The van der Waals surface area contributed by atoms with E-state index < -0.39 is 6.09 Å². The number of carbonyl (C=O) groups is 1. The summed E-state index contributed by atoms with van der Waals surface area (Å²) >= 11 is 0. The number of nitrogens with one attached hydrogen (secondary N) is 2. The predicted octanol–water partition coefficient (Wildman–Crippen LogP) is 3.25. The molecule has 0 radical (unpaired) electrons. The lowest BCUT2D eigenvalue weighted by atomic mass is 10.2. The third-order valence-corrected chi connectivity index (χ3v) is 4.43. The Morgan fingerprint density at radius 1 is 1.38 bits per heavy atom. The molecule has 1 aromatic heterocycles. The standard InChI is InChI=1S/C19H25FN4O2/c1-13(22-16-8-9-16)17-12-24(11-3-10-21-19(25)26-2)18(23-17)14-4-6-15(20)7-5-14/h4-7,12-13,16,22H,3,8-11H2,1-2H3,(H,21,25)/t13-/m1/s1. The van der Waals surface area contributed by atoms with Crippen molar-refractivity contribution in [3.8, 4) is 11.4 Å². The number of aromatic nitrogens is 2. The van der Waals surface area contributed by atoms with Crippen LogP contribution in [0.15, 0.2) is 30.5 Å². The number of carbonyl (C=O) groups excluding carboxylic acids is 1. The summed E-state index contributed by atoms with van der Waals surface area (Å²) in [6.45, 7) is 3.32. The molecule has 6 nitrogen and oxygen atoms in total. The largest absolute Gasteiger partial charge is 0.453 e. The van der Waals surface area contributed by atoms with Gasteiger partial charge in [-0.25, -0.2) is 14.2 Å². The van der Waals surface area contributed by atoms with Gasteiger partial charge in [-0.05, 0) is 50.5 Å². The minimum Gasteiger partial charge on any atom is -0.453 e. The van der Waals surface area contributed by atoms with Gasteiger partial charge in [0.15, 0.2) is 0 Å². The molecular weight excluding hydrogens is 335 g/mol. The number of ether oxygens (including phenoxy) is 1. The van der Waals surface area contributed by atoms with Crippen molar-refractivity contribution < 1.29 is 13.9 Å². The van der Waals surface area contributed by atoms with Crippen molar-refractivity contribution in [1.82, 2.24) is 20.2 Å². The summed E-state index contributed by atoms with van der Waals surface area (Å²) in [4.78, 5) is 15.9. The minimum atomic E-state index is -0.433. The maximum absolute atomic E-state index is 13.3. The van der Waals surface area contributed by atoms with Crippen LogP contribution < -0.4 is 10.6 Å². The van der Waals surface area contributed by atoms with E-state index in [1.54, 1.807) is 12.1 Å². The first-order valence-electron chi connectivity index (χ1n) is 8.97. The Hall–Kier alpha value is -2.41. The predicted molar refractivity (Wildman–Crippen MR) is 97.2 cm³/mol. The Balaban J connectivity index is 1.74. The average Bonchev–Trinajstić information content (AvgIpc) is 3.35. The van der Waals surface area contributed by atoms with Crippen LogP contribution in [0.3, 0.4) is 0 Å². The topological polar surface area (TPSA) is 68.2 Å². The van der Waals surface area contributed by atoms with Crippen molar-refractivity contribution in [2.24, 2.45) is 0 Å². The second kappa shape index (κ2) is 8.31. The van der Waals surface area contributed by atoms with Gasteiger partial charge in [-0.3, -0.25) is 0 Å². The van der Waals surface area contributed by atoms with E-state index in [1.165, 1.54) is 32.1 Å². The molecule has 2 N–H and O–H groups in total. The number of hydrogen-bond acceptors (Lipinski definition) is 4. The fourth-order valence-corrected chi connectivity index (χ4v) is 2.85. The molecular formula is C19H25FN4O2. The van der Waals surface area contributed by atoms with E-state index in [1.807, 2.05) is 6.20 Å². The molecule has 2 aromatic rings. The zero-order valence-corrected chi connectivity index (χ0v) is 15.2. The molecule has 1 saturated carbocycles. The molecule has 0 aliphatic heterocycles. The van der Waals surface area contributed by atoms with Crippen LogP contribution in [0.1, 0.15) is 37.9 Å². The Kier molecular flexibility index (Phi) is 5.88. The third-order valence-electron chi connectivity index (χ3n) is 4.43. The van der Waals surface area contributed by atoms with Crippen LogP contribution in [0.5, 0.6) is 0 Å². The van der Waals surface area contributed by atoms with E-state index in [-0.39, 0.29) is 11.9 Å². The Bertz CT molecular complexity index is 740. The van der Waals surface area contributed by atoms with E-state index in [2.05, 4.69) is 26.9 Å². The number of nitrogens with zero attached hydrogens (tertiary/aromatic N) is 2. The fourth-order valence-electron chi connectivity index (χ4n) is 2.85. The van der Waals surface area contributed by atoms with E-state index in [4.69, 9.17) is 4.98 Å². The van der Waals surface area contributed by atoms with Crippen LogP contribution in [-0.4, -0.2) is 35.3 Å². The first-order valence-corrected chi connectivity index (χ1v) is 8.97. The van der Waals surface area contributed by atoms with Gasteiger partial charge in [0.25, 0.3) is 0 Å². The van der Waals surface area contributed by atoms with Gasteiger partial charge in [-0.15, -0.1) is 0 Å². The van der Waals surface area contributed by atoms with E-state index in [9.17, 15) is 9.18 Å². The van der Waals surface area contributed by atoms with Gasteiger partial charge >= 0.3 is 6.09 Å². The summed E-state index contributed by atoms with van der Waals surface area (Å²) in [6.07, 6.45) is 4.78. The monoisotopic (exact) mass is 360 g/mol. The molecule has 1 aliphatic rings. The number of methoxy groups -OCH3 is 1. The number of imidazole rings is 1. The van der Waals surface area contributed by atoms with Crippen LogP contribution in [-0.2, 0) is 11.3 Å². The maximum Gasteiger partial charge on any atom is 0.406 e. The summed E-state index contributed by atoms with van der Waals surface area (Å²) in [5.41, 5.74) is 1.84. The number of amides is 1. The van der Waals surface area contributed by atoms with Crippen molar-refractivity contribution in [2.45, 2.75) is 44.8 Å². The molecule has 7 heteroatoms. The molecule has 1 heterocycles. The first-order chi connectivity index (χ1) is 12.6. The Morgan fingerprint density at radius 2 is 2.12 bits per heavy atom. The summed E-state index contributed by atoms with van der Waals surface area (Å²) in [6, 6.07) is 7.12. The second-order valence-corrected chi connectivity index (χ2v) is 6.62. The van der Waals surface area contributed by atoms with Crippen LogP contribution in [0.25, 0.3) is 11.4 Å². The van der Waals surface area contributed by atoms with Crippen molar-refractivity contribution in [3.63, 3.8) is 0 Å². The molecule has 1 amide bonds. The third kappa shape index (κ3) is 4.82. The number of aryl methyl sites for hydroxylation is 1. The molecule has 0 spiro atoms. The average molecular weight is 360 g/mol. The zero-order valence-electron chi connectivity index (χ0n) is 15.2. The zero-order chi connectivity index (χ0) is 18.5. The number of alkyl carbamates (subject to hydrolysis) is 1. The van der Waals surface area contributed by atoms with Gasteiger partial charge in [0.1, 0.15) is 11.6 Å². The lowest BCUT2D eigenvalue weighted by molar-refractivity contribution is 0.171. The number of rotatable bonds is 8. The molecule has 140 valence electrons. The summed E-state index contributed by atoms with van der Waals surface area (Å²) in [7, 11) is 1.35. The molecule has 1 atom stereocenters. The molecule has 3 rings (SSSR count). The van der Waals surface area contributed by atoms with Gasteiger partial charge in [-0.2, -0.15) is 0 Å². The van der Waals surface area contributed by atoms with Gasteiger partial charge in [0.2, 0.25) is 0 Å². The van der Waals surface area contributed by atoms with Gasteiger partial charge in [0.05, 0.1) is 12.8 Å². The van der Waals surface area contributed by atoms with Crippen molar-refractivity contribution in [2.75, 3.05) is 13.7 Å². The quantitative estimate of drug-likeness (QED) is 0.709. The van der Waals surface area contributed by atoms with E-state index >= 15 is 0 Å². The Labute approximate surface area is 152 Å². The number of hydrogen-bond donors (Lipinski definition) is 2. The normalized spacial score (nSPS) is 14.9. The van der Waals surface area contributed by atoms with Crippen molar-refractivity contribution in [1.29, 1.82) is 0 Å². The lowest BCUT2D eigenvalue weighted by Gasteiger charge is -2.09. The first kappa shape index (κ1) is 18.4. The molecule has 0 saturated heterocycles. The molecule has 0 bridgehead atoms. The SMILES string of the molecule is COC(=O)NCCCn1cc([C@@H](C)NC2CC2)nc1-c1ccc(F)cc1. The highest BCUT2D eigenvalue weighted by Gasteiger charge is 2.25. The second-order valence-electron chi connectivity index (χ2n) is 6.62. The minimum absolute atomic E-state index is 0.163. The Morgan fingerprint density at radius 3 is 2.77 bits per heavy atom. The fraction of sp³-hybridized carbons (Fsp3) is 0.474. The van der Waals surface area contributed by atoms with Gasteiger partial charge in [0, 0.05) is 36.9 Å². The summed E-state index contributed by atoms with van der Waals surface area (Å²) < 4.78 is 19.9. The molecule has 1 aliphatic carbocycles. The van der Waals surface area contributed by atoms with Gasteiger partial charge in [-0.1, -0.05) is 0 Å². The van der Waals surface area contributed by atoms with E-state index in [0.29, 0.717) is 19.1 Å². The van der Waals surface area contributed by atoms with Gasteiger partial charge < -0.3 is 19.9 Å². The molecule has 0 unspecified atom stereocenters. The number of halogens is 1. The summed E-state index contributed by atoms with van der Waals surface area (Å²) in [5.74, 6) is 0.542. The highest BCUT2D eigenvalue weighted by Crippen LogP contribution is 2.26. The highest BCUT2D eigenvalue weighted by molar-refractivity contribution is 5.66. The van der Waals surface area contributed by atoms with Crippen molar-refractivity contribution in [3.05, 3.63) is 42.0 Å². The molecule has 1 aromatic carbocycles. The number of benzene rings is 1. The van der Waals surface area contributed by atoms with Crippen LogP contribution in [0.4, 0.5) is 9.18 Å². The highest BCUT2D eigenvalue weighted by atomic mass is 19.1. The lowest BCUT2D eigenvalue weighted by Crippen LogP contribution is -2.24. The van der Waals surface area contributed by atoms with Crippen molar-refractivity contribution >= 4 is 6.09 Å². The maximum atomic E-state index is 13.3. The van der Waals surface area contributed by atoms with E-state index in [0.717, 1.165) is 23.5 Å².